The summed E-state index contributed by atoms with van der Waals surface area (Å²) in [5.74, 6) is 0.215. The van der Waals surface area contributed by atoms with Crippen LogP contribution in [0.4, 0.5) is 0 Å². The van der Waals surface area contributed by atoms with Gasteiger partial charge in [-0.3, -0.25) is 4.79 Å². The average molecular weight is 354 g/mol. The number of halogens is 1. The molecule has 2 heterocycles. The lowest BCUT2D eigenvalue weighted by Crippen LogP contribution is -2.38. The van der Waals surface area contributed by atoms with Crippen LogP contribution >= 0.6 is 27.3 Å². The molecule has 0 spiro atoms. The standard InChI is InChI=1S/C15H16BrNO2S/c16-13-4-3-12(19-13)14(18)17-10-15(6-1-2-7-15)11-5-8-20-9-11/h3-5,8-9H,1-2,6-7,10H2,(H,17,18). The van der Waals surface area contributed by atoms with E-state index in [2.05, 4.69) is 38.1 Å². The molecule has 2 aromatic heterocycles. The van der Waals surface area contributed by atoms with Gasteiger partial charge in [0.2, 0.25) is 0 Å². The van der Waals surface area contributed by atoms with Crippen molar-refractivity contribution in [2.45, 2.75) is 31.1 Å². The zero-order chi connectivity index (χ0) is 14.0. The molecule has 1 amide bonds. The molecule has 20 heavy (non-hydrogen) atoms. The van der Waals surface area contributed by atoms with Crippen molar-refractivity contribution in [2.75, 3.05) is 6.54 Å². The van der Waals surface area contributed by atoms with Crippen LogP contribution in [0.5, 0.6) is 0 Å². The number of amides is 1. The van der Waals surface area contributed by atoms with Gasteiger partial charge in [0.1, 0.15) is 0 Å². The topological polar surface area (TPSA) is 42.2 Å². The Kier molecular flexibility index (Phi) is 3.98. The number of hydrogen-bond acceptors (Lipinski definition) is 3. The summed E-state index contributed by atoms with van der Waals surface area (Å²) in [6.45, 7) is 0.681. The van der Waals surface area contributed by atoms with Crippen molar-refractivity contribution in [1.82, 2.24) is 5.32 Å². The Morgan fingerprint density at radius 1 is 1.35 bits per heavy atom. The van der Waals surface area contributed by atoms with Crippen LogP contribution in [0, 0.1) is 0 Å². The first-order valence-electron chi connectivity index (χ1n) is 6.76. The second-order valence-electron chi connectivity index (χ2n) is 5.29. The summed E-state index contributed by atoms with van der Waals surface area (Å²) < 4.78 is 5.87. The molecule has 0 saturated heterocycles. The van der Waals surface area contributed by atoms with Crippen LogP contribution in [0.2, 0.25) is 0 Å². The third kappa shape index (κ3) is 2.69. The molecule has 0 bridgehead atoms. The third-order valence-corrected chi connectivity index (χ3v) is 5.19. The highest BCUT2D eigenvalue weighted by molar-refractivity contribution is 9.10. The predicted molar refractivity (Wildman–Crippen MR) is 83.2 cm³/mol. The van der Waals surface area contributed by atoms with Crippen LogP contribution in [-0.4, -0.2) is 12.5 Å². The second-order valence-corrected chi connectivity index (χ2v) is 6.85. The van der Waals surface area contributed by atoms with Crippen LogP contribution in [0.25, 0.3) is 0 Å². The lowest BCUT2D eigenvalue weighted by Gasteiger charge is -2.28. The highest BCUT2D eigenvalue weighted by Crippen LogP contribution is 2.41. The van der Waals surface area contributed by atoms with Gasteiger partial charge in [-0.05, 0) is 63.3 Å². The van der Waals surface area contributed by atoms with E-state index in [-0.39, 0.29) is 11.3 Å². The molecule has 0 aliphatic heterocycles. The SMILES string of the molecule is O=C(NCC1(c2ccsc2)CCCC1)c1ccc(Br)o1. The van der Waals surface area contributed by atoms with Gasteiger partial charge in [0.25, 0.3) is 5.91 Å². The third-order valence-electron chi connectivity index (χ3n) is 4.08. The molecule has 3 rings (SSSR count). The first-order chi connectivity index (χ1) is 9.70. The van der Waals surface area contributed by atoms with Gasteiger partial charge in [-0.1, -0.05) is 12.8 Å². The largest absolute Gasteiger partial charge is 0.444 e. The van der Waals surface area contributed by atoms with Crippen LogP contribution in [0.1, 0.15) is 41.8 Å². The Morgan fingerprint density at radius 2 is 2.15 bits per heavy atom. The molecule has 0 atom stereocenters. The first-order valence-corrected chi connectivity index (χ1v) is 8.49. The lowest BCUT2D eigenvalue weighted by atomic mass is 9.80. The van der Waals surface area contributed by atoms with Crippen molar-refractivity contribution in [2.24, 2.45) is 0 Å². The van der Waals surface area contributed by atoms with Crippen molar-refractivity contribution >= 4 is 33.2 Å². The summed E-state index contributed by atoms with van der Waals surface area (Å²) in [5.41, 5.74) is 1.47. The average Bonchev–Trinajstić information content (AvgIpc) is 3.17. The van der Waals surface area contributed by atoms with Crippen molar-refractivity contribution in [3.05, 3.63) is 45.0 Å². The number of carbonyl (C=O) groups excluding carboxylic acids is 1. The van der Waals surface area contributed by atoms with Crippen molar-refractivity contribution < 1.29 is 9.21 Å². The maximum Gasteiger partial charge on any atom is 0.287 e. The van der Waals surface area contributed by atoms with E-state index in [1.807, 2.05) is 0 Å². The van der Waals surface area contributed by atoms with E-state index < -0.39 is 0 Å². The van der Waals surface area contributed by atoms with E-state index in [1.54, 1.807) is 23.5 Å². The van der Waals surface area contributed by atoms with E-state index in [4.69, 9.17) is 4.42 Å². The first kappa shape index (κ1) is 13.9. The van der Waals surface area contributed by atoms with Crippen molar-refractivity contribution in [1.29, 1.82) is 0 Å². The molecule has 0 unspecified atom stereocenters. The van der Waals surface area contributed by atoms with Gasteiger partial charge in [0.05, 0.1) is 0 Å². The highest BCUT2D eigenvalue weighted by Gasteiger charge is 2.36. The Hall–Kier alpha value is -1.07. The summed E-state index contributed by atoms with van der Waals surface area (Å²) in [5, 5.41) is 7.36. The number of rotatable bonds is 4. The minimum atomic E-state index is -0.141. The maximum atomic E-state index is 12.1. The maximum absolute atomic E-state index is 12.1. The van der Waals surface area contributed by atoms with E-state index in [0.717, 1.165) is 12.8 Å². The minimum absolute atomic E-state index is 0.111. The van der Waals surface area contributed by atoms with Gasteiger partial charge in [-0.15, -0.1) is 0 Å². The van der Waals surface area contributed by atoms with E-state index in [9.17, 15) is 4.79 Å². The zero-order valence-electron chi connectivity index (χ0n) is 11.0. The number of furan rings is 1. The Morgan fingerprint density at radius 3 is 2.75 bits per heavy atom. The van der Waals surface area contributed by atoms with Gasteiger partial charge in [-0.2, -0.15) is 11.3 Å². The summed E-state index contributed by atoms with van der Waals surface area (Å²) >= 11 is 4.94. The normalized spacial score (nSPS) is 17.2. The summed E-state index contributed by atoms with van der Waals surface area (Å²) in [4.78, 5) is 12.1. The molecule has 5 heteroatoms. The summed E-state index contributed by atoms with van der Waals surface area (Å²) in [6, 6.07) is 5.61. The van der Waals surface area contributed by atoms with Crippen LogP contribution in [-0.2, 0) is 5.41 Å². The Labute approximate surface area is 130 Å². The van der Waals surface area contributed by atoms with Crippen molar-refractivity contribution in [3.8, 4) is 0 Å². The predicted octanol–water partition coefficient (Wildman–Crippen LogP) is 4.35. The molecular weight excluding hydrogens is 338 g/mol. The van der Waals surface area contributed by atoms with E-state index in [0.29, 0.717) is 17.0 Å². The number of carbonyl (C=O) groups is 1. The molecule has 1 fully saturated rings. The number of nitrogens with one attached hydrogen (secondary N) is 1. The van der Waals surface area contributed by atoms with Gasteiger partial charge < -0.3 is 9.73 Å². The quantitative estimate of drug-likeness (QED) is 0.887. The minimum Gasteiger partial charge on any atom is -0.444 e. The highest BCUT2D eigenvalue weighted by atomic mass is 79.9. The monoisotopic (exact) mass is 353 g/mol. The fraction of sp³-hybridized carbons (Fsp3) is 0.400. The summed E-state index contributed by atoms with van der Waals surface area (Å²) in [6.07, 6.45) is 4.76. The molecule has 1 saturated carbocycles. The van der Waals surface area contributed by atoms with E-state index in [1.165, 1.54) is 18.4 Å². The fourth-order valence-corrected chi connectivity index (χ4v) is 4.04. The summed E-state index contributed by atoms with van der Waals surface area (Å²) in [7, 11) is 0. The molecule has 106 valence electrons. The van der Waals surface area contributed by atoms with Crippen LogP contribution < -0.4 is 5.32 Å². The molecule has 1 N–H and O–H groups in total. The Balaban J connectivity index is 1.71. The van der Waals surface area contributed by atoms with E-state index >= 15 is 0 Å². The van der Waals surface area contributed by atoms with Gasteiger partial charge in [0.15, 0.2) is 10.4 Å². The van der Waals surface area contributed by atoms with Crippen LogP contribution in [0.3, 0.4) is 0 Å². The van der Waals surface area contributed by atoms with Crippen LogP contribution in [0.15, 0.2) is 38.0 Å². The lowest BCUT2D eigenvalue weighted by molar-refractivity contribution is 0.0914. The number of thiophene rings is 1. The molecule has 2 aromatic rings. The molecule has 0 aromatic carbocycles. The van der Waals surface area contributed by atoms with Gasteiger partial charge >= 0.3 is 0 Å². The smallest absolute Gasteiger partial charge is 0.287 e. The van der Waals surface area contributed by atoms with Crippen molar-refractivity contribution in [3.63, 3.8) is 0 Å². The molecule has 3 nitrogen and oxygen atoms in total. The van der Waals surface area contributed by atoms with Gasteiger partial charge in [-0.25, -0.2) is 0 Å². The molecule has 1 aliphatic carbocycles. The fourth-order valence-electron chi connectivity index (χ4n) is 2.96. The Bertz CT molecular complexity index is 585. The second kappa shape index (κ2) is 5.74. The number of hydrogen-bond donors (Lipinski definition) is 1. The zero-order valence-corrected chi connectivity index (χ0v) is 13.4. The molecule has 0 radical (unpaired) electrons. The molecule has 1 aliphatic rings. The molecular formula is C15H16BrNO2S. The van der Waals surface area contributed by atoms with Gasteiger partial charge in [0, 0.05) is 12.0 Å².